The fourth-order valence-electron chi connectivity index (χ4n) is 1.99. The first-order chi connectivity index (χ1) is 8.26. The van der Waals surface area contributed by atoms with Crippen molar-refractivity contribution in [2.24, 2.45) is 0 Å². The molecule has 2 heterocycles. The van der Waals surface area contributed by atoms with Crippen LogP contribution in [0.15, 0.2) is 11.7 Å². The summed E-state index contributed by atoms with van der Waals surface area (Å²) >= 11 is 1.35. The van der Waals surface area contributed by atoms with Crippen LogP contribution in [0.1, 0.15) is 22.5 Å². The molecular weight excluding hydrogens is 238 g/mol. The van der Waals surface area contributed by atoms with Gasteiger partial charge in [-0.25, -0.2) is 0 Å². The van der Waals surface area contributed by atoms with Crippen LogP contribution in [-0.2, 0) is 4.74 Å². The summed E-state index contributed by atoms with van der Waals surface area (Å²) in [5.74, 6) is -0.0672. The van der Waals surface area contributed by atoms with Gasteiger partial charge in [-0.15, -0.1) is 11.3 Å². The van der Waals surface area contributed by atoms with E-state index in [4.69, 9.17) is 4.74 Å². The number of piperidine rings is 1. The van der Waals surface area contributed by atoms with Crippen LogP contribution in [0.4, 0.5) is 0 Å². The molecule has 1 aromatic heterocycles. The molecule has 17 heavy (non-hydrogen) atoms. The lowest BCUT2D eigenvalue weighted by Gasteiger charge is -2.36. The third kappa shape index (κ3) is 3.02. The maximum atomic E-state index is 11.8. The molecule has 0 atom stereocenters. The maximum absolute atomic E-state index is 11.8. The smallest absolute Gasteiger partial charge is 0.263 e. The van der Waals surface area contributed by atoms with Gasteiger partial charge in [0.2, 0.25) is 0 Å². The van der Waals surface area contributed by atoms with Crippen molar-refractivity contribution in [3.05, 3.63) is 16.6 Å². The first-order valence-electron chi connectivity index (χ1n) is 5.68. The average molecular weight is 255 g/mol. The topological polar surface area (TPSA) is 63.2 Å². The zero-order chi connectivity index (χ0) is 12.1. The fourth-order valence-corrected chi connectivity index (χ4v) is 2.53. The van der Waals surface area contributed by atoms with Gasteiger partial charge in [0.1, 0.15) is 4.88 Å². The number of amides is 1. The third-order valence-corrected chi connectivity index (χ3v) is 3.95. The van der Waals surface area contributed by atoms with Crippen LogP contribution in [0, 0.1) is 0 Å². The number of hydrogen-bond donors (Lipinski definition) is 2. The summed E-state index contributed by atoms with van der Waals surface area (Å²) in [5, 5.41) is 6.21. The second-order valence-corrected chi connectivity index (χ2v) is 5.07. The molecule has 0 radical (unpaired) electrons. The summed E-state index contributed by atoms with van der Waals surface area (Å²) in [4.78, 5) is 16.3. The molecule has 2 N–H and O–H groups in total. The number of carbonyl (C=O) groups is 1. The van der Waals surface area contributed by atoms with Crippen molar-refractivity contribution in [3.8, 4) is 0 Å². The standard InChI is InChI=1S/C11H17N3O2S/c1-16-11(2-4-12-5-3-11)7-14-10(15)9-6-13-8-17-9/h6,8,12H,2-5,7H2,1H3,(H,14,15). The van der Waals surface area contributed by atoms with Gasteiger partial charge in [-0.05, 0) is 25.9 Å². The van der Waals surface area contributed by atoms with Gasteiger partial charge in [0.05, 0.1) is 17.3 Å². The van der Waals surface area contributed by atoms with Crippen LogP contribution < -0.4 is 10.6 Å². The van der Waals surface area contributed by atoms with E-state index in [1.807, 2.05) is 0 Å². The number of nitrogens with one attached hydrogen (secondary N) is 2. The molecule has 6 heteroatoms. The van der Waals surface area contributed by atoms with Gasteiger partial charge in [-0.1, -0.05) is 0 Å². The van der Waals surface area contributed by atoms with Gasteiger partial charge in [0.25, 0.3) is 5.91 Å². The van der Waals surface area contributed by atoms with Crippen LogP contribution in [0.25, 0.3) is 0 Å². The minimum absolute atomic E-state index is 0.0672. The minimum atomic E-state index is -0.217. The Balaban J connectivity index is 1.89. The van der Waals surface area contributed by atoms with Crippen molar-refractivity contribution in [1.29, 1.82) is 0 Å². The van der Waals surface area contributed by atoms with Crippen molar-refractivity contribution in [2.75, 3.05) is 26.7 Å². The molecule has 0 aromatic carbocycles. The van der Waals surface area contributed by atoms with E-state index in [9.17, 15) is 4.79 Å². The molecule has 0 unspecified atom stereocenters. The van der Waals surface area contributed by atoms with Crippen LogP contribution in [-0.4, -0.2) is 43.2 Å². The molecular formula is C11H17N3O2S. The molecule has 1 saturated heterocycles. The Morgan fingerprint density at radius 1 is 1.65 bits per heavy atom. The summed E-state index contributed by atoms with van der Waals surface area (Å²) in [6.45, 7) is 2.43. The van der Waals surface area contributed by atoms with Gasteiger partial charge in [-0.3, -0.25) is 9.78 Å². The highest BCUT2D eigenvalue weighted by molar-refractivity contribution is 7.11. The number of carbonyl (C=O) groups excluding carboxylic acids is 1. The van der Waals surface area contributed by atoms with Crippen molar-refractivity contribution in [1.82, 2.24) is 15.6 Å². The van der Waals surface area contributed by atoms with E-state index < -0.39 is 0 Å². The van der Waals surface area contributed by atoms with Crippen molar-refractivity contribution in [3.63, 3.8) is 0 Å². The van der Waals surface area contributed by atoms with Crippen LogP contribution in [0.3, 0.4) is 0 Å². The first kappa shape index (κ1) is 12.5. The number of aromatic nitrogens is 1. The number of ether oxygens (including phenoxy) is 1. The van der Waals surface area contributed by atoms with Crippen LogP contribution in [0.5, 0.6) is 0 Å². The highest BCUT2D eigenvalue weighted by Gasteiger charge is 2.32. The lowest BCUT2D eigenvalue weighted by atomic mass is 9.92. The molecule has 1 amide bonds. The Bertz CT molecular complexity index is 361. The van der Waals surface area contributed by atoms with Crippen LogP contribution in [0.2, 0.25) is 0 Å². The highest BCUT2D eigenvalue weighted by Crippen LogP contribution is 2.21. The Morgan fingerprint density at radius 3 is 3.00 bits per heavy atom. The third-order valence-electron chi connectivity index (χ3n) is 3.18. The van der Waals surface area contributed by atoms with E-state index in [-0.39, 0.29) is 11.5 Å². The average Bonchev–Trinajstić information content (AvgIpc) is 2.91. The predicted molar refractivity (Wildman–Crippen MR) is 66.3 cm³/mol. The summed E-state index contributed by atoms with van der Waals surface area (Å²) in [6.07, 6.45) is 3.43. The van der Waals surface area contributed by atoms with Gasteiger partial charge >= 0.3 is 0 Å². The zero-order valence-electron chi connectivity index (χ0n) is 9.86. The first-order valence-corrected chi connectivity index (χ1v) is 6.56. The summed E-state index contributed by atoms with van der Waals surface area (Å²) in [5.41, 5.74) is 1.44. The quantitative estimate of drug-likeness (QED) is 0.829. The Morgan fingerprint density at radius 2 is 2.41 bits per heavy atom. The number of methoxy groups -OCH3 is 1. The van der Waals surface area contributed by atoms with E-state index in [1.54, 1.807) is 18.8 Å². The summed E-state index contributed by atoms with van der Waals surface area (Å²) in [7, 11) is 1.71. The highest BCUT2D eigenvalue weighted by atomic mass is 32.1. The molecule has 94 valence electrons. The lowest BCUT2D eigenvalue weighted by molar-refractivity contribution is -0.0312. The molecule has 0 bridgehead atoms. The molecule has 1 aliphatic heterocycles. The molecule has 1 fully saturated rings. The van der Waals surface area contributed by atoms with Gasteiger partial charge in [0, 0.05) is 13.7 Å². The van der Waals surface area contributed by atoms with Gasteiger partial charge < -0.3 is 15.4 Å². The number of thiazole rings is 1. The van der Waals surface area contributed by atoms with E-state index >= 15 is 0 Å². The molecule has 0 saturated carbocycles. The van der Waals surface area contributed by atoms with Crippen molar-refractivity contribution in [2.45, 2.75) is 18.4 Å². The normalized spacial score (nSPS) is 18.9. The molecule has 0 aliphatic carbocycles. The monoisotopic (exact) mass is 255 g/mol. The van der Waals surface area contributed by atoms with E-state index in [1.165, 1.54) is 11.3 Å². The SMILES string of the molecule is COC1(CNC(=O)c2cncs2)CCNCC1. The Labute approximate surface area is 105 Å². The molecule has 1 aromatic rings. The van der Waals surface area contributed by atoms with E-state index in [0.29, 0.717) is 11.4 Å². The lowest BCUT2D eigenvalue weighted by Crippen LogP contribution is -2.50. The Hall–Kier alpha value is -0.980. The number of nitrogens with zero attached hydrogens (tertiary/aromatic N) is 1. The largest absolute Gasteiger partial charge is 0.376 e. The van der Waals surface area contributed by atoms with Crippen molar-refractivity contribution < 1.29 is 9.53 Å². The van der Waals surface area contributed by atoms with Gasteiger partial charge in [-0.2, -0.15) is 0 Å². The number of hydrogen-bond acceptors (Lipinski definition) is 5. The summed E-state index contributed by atoms with van der Waals surface area (Å²) in [6, 6.07) is 0. The maximum Gasteiger partial charge on any atom is 0.263 e. The number of rotatable bonds is 4. The van der Waals surface area contributed by atoms with Crippen LogP contribution >= 0.6 is 11.3 Å². The molecule has 2 rings (SSSR count). The molecule has 5 nitrogen and oxygen atoms in total. The predicted octanol–water partition coefficient (Wildman–Crippen LogP) is 0.641. The van der Waals surface area contributed by atoms with Gasteiger partial charge in [0.15, 0.2) is 0 Å². The summed E-state index contributed by atoms with van der Waals surface area (Å²) < 4.78 is 5.58. The molecule has 1 aliphatic rings. The zero-order valence-corrected chi connectivity index (χ0v) is 10.7. The van der Waals surface area contributed by atoms with E-state index in [2.05, 4.69) is 15.6 Å². The minimum Gasteiger partial charge on any atom is -0.376 e. The second-order valence-electron chi connectivity index (χ2n) is 4.19. The molecule has 0 spiro atoms. The second kappa shape index (κ2) is 5.57. The van der Waals surface area contributed by atoms with E-state index in [0.717, 1.165) is 25.9 Å². The van der Waals surface area contributed by atoms with Crippen molar-refractivity contribution >= 4 is 17.2 Å². The fraction of sp³-hybridized carbons (Fsp3) is 0.636. The Kier molecular flexibility index (Phi) is 4.09.